The van der Waals surface area contributed by atoms with Crippen LogP contribution < -0.4 is 0 Å². The van der Waals surface area contributed by atoms with Gasteiger partial charge in [-0.1, -0.05) is 28.2 Å². The van der Waals surface area contributed by atoms with Gasteiger partial charge in [-0.2, -0.15) is 0 Å². The molecule has 0 aliphatic carbocycles. The zero-order valence-electron chi connectivity index (χ0n) is 6.45. The number of halogens is 1. The largest absolute Gasteiger partial charge is 0.288 e. The van der Waals surface area contributed by atoms with Crippen LogP contribution in [-0.4, -0.2) is 18.6 Å². The monoisotopic (exact) mass is 252 g/mol. The molecule has 52 valence electrons. The Morgan fingerprint density at radius 3 is 2.44 bits per heavy atom. The number of rotatable bonds is 3. The maximum Gasteiger partial charge on any atom is 0.288 e. The van der Waals surface area contributed by atoms with Crippen molar-refractivity contribution in [2.75, 3.05) is 4.43 Å². The van der Waals surface area contributed by atoms with E-state index >= 15 is 0 Å². The molecule has 0 saturated heterocycles. The van der Waals surface area contributed by atoms with Crippen molar-refractivity contribution in [1.82, 2.24) is 0 Å². The first kappa shape index (κ1) is 10.0. The topological polar surface area (TPSA) is 0 Å². The third-order valence-corrected chi connectivity index (χ3v) is 2.88. The van der Waals surface area contributed by atoms with Crippen LogP contribution in [0.5, 0.6) is 0 Å². The summed E-state index contributed by atoms with van der Waals surface area (Å²) in [4.78, 5) is 2.47. The smallest absolute Gasteiger partial charge is 0.146 e. The van der Waals surface area contributed by atoms with Crippen LogP contribution in [0.2, 0.25) is 11.6 Å². The van der Waals surface area contributed by atoms with Crippen molar-refractivity contribution >= 4 is 36.7 Å². The summed E-state index contributed by atoms with van der Waals surface area (Å²) in [5.41, 5.74) is 1.59. The summed E-state index contributed by atoms with van der Waals surface area (Å²) in [5.74, 6) is 4.72. The van der Waals surface area contributed by atoms with E-state index in [1.54, 1.807) is 5.57 Å². The van der Waals surface area contributed by atoms with Gasteiger partial charge in [-0.25, -0.2) is 0 Å². The van der Waals surface area contributed by atoms with Gasteiger partial charge in [0.25, 0.3) is 14.1 Å². The Hall–Kier alpha value is 1.00. The van der Waals surface area contributed by atoms with Crippen LogP contribution in [0.1, 0.15) is 13.3 Å². The number of alkyl halides is 1. The molecule has 0 spiro atoms. The Bertz CT molecular complexity index is 97.1. The Kier molecular flexibility index (Phi) is 6.40. The molecule has 0 aliphatic heterocycles. The number of allylic oxidation sites excluding steroid dienone is 1. The molecule has 0 fully saturated rings. The molecule has 2 heteroatoms. The van der Waals surface area contributed by atoms with Crippen molar-refractivity contribution in [2.24, 2.45) is 0 Å². The van der Waals surface area contributed by atoms with E-state index in [9.17, 15) is 0 Å². The maximum atomic E-state index is 2.47. The highest BCUT2D eigenvalue weighted by Crippen LogP contribution is 2.03. The van der Waals surface area contributed by atoms with Crippen LogP contribution in [0.25, 0.3) is 0 Å². The predicted molar refractivity (Wildman–Crippen MR) is 54.7 cm³/mol. The van der Waals surface area contributed by atoms with E-state index in [4.69, 9.17) is 0 Å². The van der Waals surface area contributed by atoms with Crippen molar-refractivity contribution < 1.29 is 0 Å². The van der Waals surface area contributed by atoms with Crippen LogP contribution >= 0.6 is 22.6 Å². The van der Waals surface area contributed by atoms with Crippen LogP contribution in [0.15, 0.2) is 10.5 Å². The lowest BCUT2D eigenvalue weighted by Gasteiger charge is -1.95. The predicted octanol–water partition coefficient (Wildman–Crippen LogP) is 3.05. The molecule has 0 bridgehead atoms. The van der Waals surface area contributed by atoms with Crippen LogP contribution in [0, 0.1) is 0 Å². The van der Waals surface area contributed by atoms with Gasteiger partial charge in [-0.15, -0.1) is 16.5 Å². The third-order valence-electron chi connectivity index (χ3n) is 1.11. The van der Waals surface area contributed by atoms with Gasteiger partial charge in [0.1, 0.15) is 0 Å². The highest BCUT2D eigenvalue weighted by Gasteiger charge is 1.96. The Morgan fingerprint density at radius 1 is 1.56 bits per heavy atom. The summed E-state index contributed by atoms with van der Waals surface area (Å²) < 4.78 is 1.27. The Balaban J connectivity index is 3.55. The minimum absolute atomic E-state index is 0.425. The lowest BCUT2D eigenvalue weighted by atomic mass is 10.3. The zero-order chi connectivity index (χ0) is 7.28. The lowest BCUT2D eigenvalue weighted by Crippen LogP contribution is -1.95. The standard InChI is InChI=1S/C5H8I.2CH3.Al/c1-5(2)3-4-6;;;/h1H,3-4H2,2H3;2*1H3;. The van der Waals surface area contributed by atoms with Gasteiger partial charge in [0, 0.05) is 4.43 Å². The molecule has 0 radical (unpaired) electrons. The Labute approximate surface area is 76.3 Å². The molecule has 0 nitrogen and oxygen atoms in total. The Morgan fingerprint density at radius 2 is 2.11 bits per heavy atom. The van der Waals surface area contributed by atoms with E-state index in [0.717, 1.165) is 0 Å². The van der Waals surface area contributed by atoms with Crippen LogP contribution in [0.3, 0.4) is 0 Å². The van der Waals surface area contributed by atoms with Crippen molar-refractivity contribution in [3.05, 3.63) is 10.5 Å². The second-order valence-electron chi connectivity index (χ2n) is 2.70. The summed E-state index contributed by atoms with van der Waals surface area (Å²) in [7, 11) is 0. The second kappa shape index (κ2) is 5.76. The molecular weight excluding hydrogens is 238 g/mol. The van der Waals surface area contributed by atoms with E-state index in [1.165, 1.54) is 10.8 Å². The van der Waals surface area contributed by atoms with Gasteiger partial charge in [0.05, 0.1) is 0 Å². The molecule has 0 aromatic heterocycles. The quantitative estimate of drug-likeness (QED) is 0.411. The summed E-state index contributed by atoms with van der Waals surface area (Å²) >= 11 is 2.00. The van der Waals surface area contributed by atoms with Crippen molar-refractivity contribution in [3.63, 3.8) is 0 Å². The van der Waals surface area contributed by atoms with Crippen molar-refractivity contribution in [3.8, 4) is 0 Å². The first-order valence-electron chi connectivity index (χ1n) is 3.40. The molecule has 0 atom stereocenters. The maximum absolute atomic E-state index is 2.47. The molecule has 0 aromatic carbocycles. The van der Waals surface area contributed by atoms with Gasteiger partial charge in [0.2, 0.25) is 0 Å². The molecule has 0 unspecified atom stereocenters. The number of hydrogen-bond donors (Lipinski definition) is 0. The minimum Gasteiger partial charge on any atom is -0.146 e. The first-order chi connectivity index (χ1) is 4.16. The van der Waals surface area contributed by atoms with E-state index in [1.807, 2.05) is 0 Å². The average molecular weight is 252 g/mol. The van der Waals surface area contributed by atoms with Crippen molar-refractivity contribution in [2.45, 2.75) is 24.9 Å². The van der Waals surface area contributed by atoms with E-state index in [-0.39, 0.29) is 0 Å². The highest BCUT2D eigenvalue weighted by atomic mass is 127. The zero-order valence-corrected chi connectivity index (χ0v) is 9.76. The fourth-order valence-electron chi connectivity index (χ4n) is 0.801. The number of hydrogen-bond acceptors (Lipinski definition) is 0. The summed E-state index contributed by atoms with van der Waals surface area (Å²) in [6, 6.07) is 0. The van der Waals surface area contributed by atoms with Gasteiger partial charge in [0.15, 0.2) is 0 Å². The summed E-state index contributed by atoms with van der Waals surface area (Å²) in [6.45, 7) is 2.24. The second-order valence-corrected chi connectivity index (χ2v) is 6.60. The summed E-state index contributed by atoms with van der Waals surface area (Å²) in [5, 5.41) is 0. The van der Waals surface area contributed by atoms with Gasteiger partial charge >= 0.3 is 0 Å². The molecule has 0 rings (SSSR count). The van der Waals surface area contributed by atoms with E-state index < -0.39 is 14.1 Å². The highest BCUT2D eigenvalue weighted by molar-refractivity contribution is 14.1. The average Bonchev–Trinajstić information content (AvgIpc) is 1.63. The lowest BCUT2D eigenvalue weighted by molar-refractivity contribution is 1.14. The third kappa shape index (κ3) is 6.89. The van der Waals surface area contributed by atoms with Crippen LogP contribution in [0.4, 0.5) is 0 Å². The minimum atomic E-state index is -0.425. The normalized spacial score (nSPS) is 11.8. The summed E-state index contributed by atoms with van der Waals surface area (Å²) in [6.07, 6.45) is 1.28. The molecule has 0 aromatic rings. The van der Waals surface area contributed by atoms with E-state index in [0.29, 0.717) is 0 Å². The van der Waals surface area contributed by atoms with Crippen LogP contribution in [-0.2, 0) is 0 Å². The van der Waals surface area contributed by atoms with Gasteiger partial charge < -0.3 is 0 Å². The molecular formula is C7H14AlI. The molecule has 0 N–H and O–H groups in total. The first-order valence-corrected chi connectivity index (χ1v) is 7.90. The molecule has 0 heterocycles. The van der Waals surface area contributed by atoms with Crippen molar-refractivity contribution in [1.29, 1.82) is 0 Å². The molecule has 0 saturated carbocycles. The molecule has 0 aliphatic rings. The van der Waals surface area contributed by atoms with Gasteiger partial charge in [-0.05, 0) is 13.3 Å². The molecule has 9 heavy (non-hydrogen) atoms. The van der Waals surface area contributed by atoms with E-state index in [2.05, 4.69) is 46.0 Å². The van der Waals surface area contributed by atoms with Gasteiger partial charge in [-0.3, -0.25) is 0 Å². The molecule has 0 amide bonds. The fourth-order valence-corrected chi connectivity index (χ4v) is 2.96. The fraction of sp³-hybridized carbons (Fsp3) is 0.714. The SMILES string of the molecule is C/C(=[CH]\[Al]([CH3])[CH3])CCI.